The molecule has 1 aromatic rings. The van der Waals surface area contributed by atoms with Crippen molar-refractivity contribution >= 4 is 0 Å². The first-order valence-corrected chi connectivity index (χ1v) is 6.97. The number of benzene rings is 1. The number of rotatable bonds is 3. The van der Waals surface area contributed by atoms with Crippen molar-refractivity contribution in [3.05, 3.63) is 29.8 Å². The smallest absolute Gasteiger partial charge is 0.122 e. The van der Waals surface area contributed by atoms with Gasteiger partial charge >= 0.3 is 0 Å². The molecule has 2 aliphatic rings. The monoisotopic (exact) mass is 246 g/mol. The van der Waals surface area contributed by atoms with Gasteiger partial charge in [0.05, 0.1) is 6.61 Å². The van der Waals surface area contributed by atoms with Gasteiger partial charge in [-0.1, -0.05) is 18.2 Å². The van der Waals surface area contributed by atoms with Crippen molar-refractivity contribution in [3.63, 3.8) is 0 Å². The van der Waals surface area contributed by atoms with Crippen LogP contribution in [0.15, 0.2) is 24.3 Å². The first-order valence-electron chi connectivity index (χ1n) is 6.97. The summed E-state index contributed by atoms with van der Waals surface area (Å²) in [7, 11) is 2.25. The molecule has 0 radical (unpaired) electrons. The minimum absolute atomic E-state index is 0.535. The fourth-order valence-electron chi connectivity index (χ4n) is 3.09. The number of nitrogens with one attached hydrogen (secondary N) is 1. The molecule has 0 spiro atoms. The number of likely N-dealkylation sites (N-methyl/N-ethyl adjacent to an activating group) is 1. The molecule has 3 nitrogen and oxygen atoms in total. The van der Waals surface area contributed by atoms with Crippen molar-refractivity contribution in [2.75, 3.05) is 33.3 Å². The second kappa shape index (κ2) is 5.29. The van der Waals surface area contributed by atoms with Crippen LogP contribution >= 0.6 is 0 Å². The third kappa shape index (κ3) is 2.38. The maximum atomic E-state index is 5.76. The summed E-state index contributed by atoms with van der Waals surface area (Å²) in [5.74, 6) is 1.62. The van der Waals surface area contributed by atoms with Crippen molar-refractivity contribution in [2.45, 2.75) is 24.8 Å². The predicted molar refractivity (Wildman–Crippen MR) is 73.2 cm³/mol. The van der Waals surface area contributed by atoms with E-state index in [0.29, 0.717) is 12.0 Å². The Bertz CT molecular complexity index is 401. The van der Waals surface area contributed by atoms with Gasteiger partial charge in [0.25, 0.3) is 0 Å². The second-order valence-corrected chi connectivity index (χ2v) is 5.49. The van der Waals surface area contributed by atoms with Crippen LogP contribution in [0.25, 0.3) is 0 Å². The van der Waals surface area contributed by atoms with E-state index in [1.807, 2.05) is 0 Å². The molecule has 0 aliphatic carbocycles. The Kier molecular flexibility index (Phi) is 3.52. The molecule has 3 rings (SSSR count). The summed E-state index contributed by atoms with van der Waals surface area (Å²) >= 11 is 0. The van der Waals surface area contributed by atoms with Gasteiger partial charge in [-0.15, -0.1) is 0 Å². The lowest BCUT2D eigenvalue weighted by molar-refractivity contribution is 0.182. The SMILES string of the molecule is CN(CC1COc2ccccc21)C1CCCNC1. The van der Waals surface area contributed by atoms with Gasteiger partial charge in [-0.25, -0.2) is 0 Å². The average Bonchev–Trinajstić information content (AvgIpc) is 2.83. The van der Waals surface area contributed by atoms with Crippen molar-refractivity contribution in [3.8, 4) is 5.75 Å². The molecule has 2 unspecified atom stereocenters. The summed E-state index contributed by atoms with van der Waals surface area (Å²) in [6.07, 6.45) is 2.62. The molecule has 18 heavy (non-hydrogen) atoms. The maximum absolute atomic E-state index is 5.76. The molecule has 0 amide bonds. The summed E-state index contributed by atoms with van der Waals surface area (Å²) < 4.78 is 5.76. The second-order valence-electron chi connectivity index (χ2n) is 5.49. The van der Waals surface area contributed by atoms with Crippen LogP contribution in [-0.4, -0.2) is 44.2 Å². The number of ether oxygens (including phenoxy) is 1. The van der Waals surface area contributed by atoms with Crippen LogP contribution in [0.1, 0.15) is 24.3 Å². The Morgan fingerprint density at radius 3 is 3.11 bits per heavy atom. The van der Waals surface area contributed by atoms with Crippen LogP contribution in [0.5, 0.6) is 5.75 Å². The molecule has 0 aromatic heterocycles. The summed E-state index contributed by atoms with van der Waals surface area (Å²) in [6, 6.07) is 9.14. The summed E-state index contributed by atoms with van der Waals surface area (Å²) in [4.78, 5) is 2.50. The summed E-state index contributed by atoms with van der Waals surface area (Å²) in [6.45, 7) is 4.25. The van der Waals surface area contributed by atoms with Gasteiger partial charge in [-0.05, 0) is 32.5 Å². The molecule has 2 atom stereocenters. The zero-order valence-electron chi connectivity index (χ0n) is 11.1. The third-order valence-electron chi connectivity index (χ3n) is 4.20. The van der Waals surface area contributed by atoms with Gasteiger partial charge < -0.3 is 15.0 Å². The number of nitrogens with zero attached hydrogens (tertiary/aromatic N) is 1. The Labute approximate surface area is 109 Å². The quantitative estimate of drug-likeness (QED) is 0.881. The predicted octanol–water partition coefficient (Wildman–Crippen LogP) is 1.85. The van der Waals surface area contributed by atoms with Crippen LogP contribution in [0.2, 0.25) is 0 Å². The Morgan fingerprint density at radius 1 is 1.39 bits per heavy atom. The van der Waals surface area contributed by atoms with Gasteiger partial charge in [0.2, 0.25) is 0 Å². The molecular formula is C15H22N2O. The minimum Gasteiger partial charge on any atom is -0.493 e. The molecular weight excluding hydrogens is 224 g/mol. The highest BCUT2D eigenvalue weighted by Crippen LogP contribution is 2.34. The number of hydrogen-bond donors (Lipinski definition) is 1. The zero-order valence-corrected chi connectivity index (χ0v) is 11.1. The van der Waals surface area contributed by atoms with Gasteiger partial charge in [0, 0.05) is 30.6 Å². The first kappa shape index (κ1) is 12.0. The summed E-state index contributed by atoms with van der Waals surface area (Å²) in [5.41, 5.74) is 1.38. The third-order valence-corrected chi connectivity index (χ3v) is 4.20. The highest BCUT2D eigenvalue weighted by Gasteiger charge is 2.27. The topological polar surface area (TPSA) is 24.5 Å². The number of para-hydroxylation sites is 1. The lowest BCUT2D eigenvalue weighted by Crippen LogP contribution is -2.45. The molecule has 0 saturated carbocycles. The van der Waals surface area contributed by atoms with Crippen LogP contribution in [0, 0.1) is 0 Å². The maximum Gasteiger partial charge on any atom is 0.122 e. The fraction of sp³-hybridized carbons (Fsp3) is 0.600. The van der Waals surface area contributed by atoms with E-state index in [2.05, 4.69) is 41.5 Å². The molecule has 1 fully saturated rings. The Balaban J connectivity index is 1.63. The molecule has 3 heteroatoms. The van der Waals surface area contributed by atoms with E-state index in [0.717, 1.165) is 25.4 Å². The number of hydrogen-bond acceptors (Lipinski definition) is 3. The fourth-order valence-corrected chi connectivity index (χ4v) is 3.09. The Morgan fingerprint density at radius 2 is 2.28 bits per heavy atom. The van der Waals surface area contributed by atoms with Crippen molar-refractivity contribution < 1.29 is 4.74 Å². The van der Waals surface area contributed by atoms with E-state index in [-0.39, 0.29) is 0 Å². The molecule has 1 aromatic carbocycles. The van der Waals surface area contributed by atoms with Gasteiger partial charge in [0.1, 0.15) is 5.75 Å². The molecule has 2 aliphatic heterocycles. The molecule has 2 heterocycles. The zero-order chi connectivity index (χ0) is 12.4. The Hall–Kier alpha value is -1.06. The van der Waals surface area contributed by atoms with Crippen LogP contribution in [0.4, 0.5) is 0 Å². The average molecular weight is 246 g/mol. The van der Waals surface area contributed by atoms with Crippen LogP contribution in [-0.2, 0) is 0 Å². The van der Waals surface area contributed by atoms with Gasteiger partial charge in [0.15, 0.2) is 0 Å². The van der Waals surface area contributed by atoms with E-state index in [4.69, 9.17) is 4.74 Å². The first-order chi connectivity index (χ1) is 8.84. The lowest BCUT2D eigenvalue weighted by atomic mass is 9.99. The van der Waals surface area contributed by atoms with Crippen LogP contribution in [0.3, 0.4) is 0 Å². The standard InChI is InChI=1S/C15H22N2O/c1-17(13-5-4-8-16-9-13)10-12-11-18-15-7-3-2-6-14(12)15/h2-3,6-7,12-13,16H,4-5,8-11H2,1H3. The van der Waals surface area contributed by atoms with Gasteiger partial charge in [-0.3, -0.25) is 0 Å². The molecule has 1 saturated heterocycles. The molecule has 0 bridgehead atoms. The van der Waals surface area contributed by atoms with E-state index in [1.165, 1.54) is 24.9 Å². The van der Waals surface area contributed by atoms with E-state index < -0.39 is 0 Å². The number of piperidine rings is 1. The van der Waals surface area contributed by atoms with E-state index in [9.17, 15) is 0 Å². The van der Waals surface area contributed by atoms with E-state index in [1.54, 1.807) is 0 Å². The van der Waals surface area contributed by atoms with Gasteiger partial charge in [-0.2, -0.15) is 0 Å². The van der Waals surface area contributed by atoms with Crippen molar-refractivity contribution in [1.29, 1.82) is 0 Å². The van der Waals surface area contributed by atoms with Crippen molar-refractivity contribution in [1.82, 2.24) is 10.2 Å². The minimum atomic E-state index is 0.535. The normalized spacial score (nSPS) is 27.0. The largest absolute Gasteiger partial charge is 0.493 e. The molecule has 1 N–H and O–H groups in total. The number of fused-ring (bicyclic) bond motifs is 1. The van der Waals surface area contributed by atoms with E-state index >= 15 is 0 Å². The van der Waals surface area contributed by atoms with Crippen LogP contribution < -0.4 is 10.1 Å². The summed E-state index contributed by atoms with van der Waals surface area (Å²) in [5, 5.41) is 3.49. The molecule has 98 valence electrons. The van der Waals surface area contributed by atoms with Crippen molar-refractivity contribution in [2.24, 2.45) is 0 Å². The lowest BCUT2D eigenvalue weighted by Gasteiger charge is -2.33. The highest BCUT2D eigenvalue weighted by atomic mass is 16.5. The highest BCUT2D eigenvalue weighted by molar-refractivity contribution is 5.39.